The molecule has 1 unspecified atom stereocenters. The van der Waals surface area contributed by atoms with Crippen LogP contribution in [0.1, 0.15) is 49.7 Å². The van der Waals surface area contributed by atoms with Crippen molar-refractivity contribution < 1.29 is 4.79 Å². The Balaban J connectivity index is 1.36. The molecule has 10 heteroatoms. The van der Waals surface area contributed by atoms with Crippen LogP contribution in [0.4, 0.5) is 11.8 Å². The van der Waals surface area contributed by atoms with Gasteiger partial charge in [-0.15, -0.1) is 0 Å². The third-order valence-corrected chi connectivity index (χ3v) is 7.76. The number of imidazole rings is 1. The molecule has 0 bridgehead atoms. The molecule has 1 atom stereocenters. The van der Waals surface area contributed by atoms with Gasteiger partial charge >= 0.3 is 0 Å². The van der Waals surface area contributed by atoms with Crippen molar-refractivity contribution in [3.8, 4) is 5.82 Å². The minimum Gasteiger partial charge on any atom is -0.358 e. The second-order valence-corrected chi connectivity index (χ2v) is 11.0. The fourth-order valence-electron chi connectivity index (χ4n) is 5.03. The summed E-state index contributed by atoms with van der Waals surface area (Å²) in [6, 6.07) is 16.7. The highest BCUT2D eigenvalue weighted by atomic mass is 35.5. The number of carbonyl (C=O) groups is 1. The summed E-state index contributed by atoms with van der Waals surface area (Å²) in [7, 11) is 0. The Morgan fingerprint density at radius 3 is 2.58 bits per heavy atom. The molecule has 2 aromatic heterocycles. The van der Waals surface area contributed by atoms with Gasteiger partial charge in [-0.05, 0) is 35.6 Å². The summed E-state index contributed by atoms with van der Waals surface area (Å²) in [6.45, 7) is 0.882. The first-order valence-corrected chi connectivity index (χ1v) is 14.4. The average molecular weight is 579 g/mol. The molecule has 2 aromatic carbocycles. The van der Waals surface area contributed by atoms with Crippen LogP contribution in [-0.4, -0.2) is 31.5 Å². The maximum Gasteiger partial charge on any atom is 0.242 e. The minimum atomic E-state index is -0.471. The van der Waals surface area contributed by atoms with Crippen molar-refractivity contribution in [2.45, 2.75) is 57.7 Å². The molecular weight excluding hydrogens is 545 g/mol. The second-order valence-electron chi connectivity index (χ2n) is 10.1. The van der Waals surface area contributed by atoms with Crippen molar-refractivity contribution in [2.75, 3.05) is 10.6 Å². The maximum atomic E-state index is 13.6. The molecule has 5 rings (SSSR count). The van der Waals surface area contributed by atoms with Crippen LogP contribution in [0.15, 0.2) is 73.3 Å². The first-order valence-electron chi connectivity index (χ1n) is 13.7. The number of benzene rings is 2. The smallest absolute Gasteiger partial charge is 0.242 e. The number of amides is 1. The lowest BCUT2D eigenvalue weighted by atomic mass is 9.84. The number of hydrogen-bond acceptors (Lipinski definition) is 6. The predicted octanol–water partition coefficient (Wildman–Crippen LogP) is 6.65. The lowest BCUT2D eigenvalue weighted by molar-refractivity contribution is -0.122. The Morgan fingerprint density at radius 1 is 1.00 bits per heavy atom. The third-order valence-electron chi connectivity index (χ3n) is 7.18. The highest BCUT2D eigenvalue weighted by molar-refractivity contribution is 6.35. The number of nitrogens with one attached hydrogen (secondary N) is 3. The zero-order chi connectivity index (χ0) is 27.7. The van der Waals surface area contributed by atoms with E-state index in [0.717, 1.165) is 30.4 Å². The highest BCUT2D eigenvalue weighted by Gasteiger charge is 2.25. The molecule has 8 nitrogen and oxygen atoms in total. The number of rotatable bonds is 11. The van der Waals surface area contributed by atoms with E-state index in [1.807, 2.05) is 53.2 Å². The molecule has 0 saturated heterocycles. The molecule has 1 saturated carbocycles. The second kappa shape index (κ2) is 13.6. The lowest BCUT2D eigenvalue weighted by Gasteiger charge is -2.27. The van der Waals surface area contributed by atoms with Gasteiger partial charge in [-0.1, -0.05) is 91.7 Å². The zero-order valence-corrected chi connectivity index (χ0v) is 23.7. The number of hydrogen-bond donors (Lipinski definition) is 3. The van der Waals surface area contributed by atoms with Gasteiger partial charge in [0.05, 0.1) is 0 Å². The summed E-state index contributed by atoms with van der Waals surface area (Å²) < 4.78 is 1.82. The summed E-state index contributed by atoms with van der Waals surface area (Å²) in [6.07, 6.45) is 11.9. The Hall–Kier alpha value is -3.62. The Morgan fingerprint density at radius 2 is 1.82 bits per heavy atom. The van der Waals surface area contributed by atoms with E-state index in [9.17, 15) is 4.79 Å². The monoisotopic (exact) mass is 577 g/mol. The van der Waals surface area contributed by atoms with E-state index in [-0.39, 0.29) is 5.91 Å². The first kappa shape index (κ1) is 27.9. The molecule has 1 aliphatic carbocycles. The van der Waals surface area contributed by atoms with E-state index in [0.29, 0.717) is 46.6 Å². The molecule has 3 N–H and O–H groups in total. The van der Waals surface area contributed by atoms with Crippen molar-refractivity contribution in [2.24, 2.45) is 5.92 Å². The standard InChI is InChI=1S/C30H33Cl2N7O/c31-24-12-11-23(25(32)16-24)19-34-29(40)26(15-21-7-3-1-4-8-21)36-27-17-28(39-14-13-33-20-39)38-30(37-27)35-18-22-9-5-2-6-10-22/h2,5-6,9-14,16-17,20-21,26H,1,3-4,7-8,15,18-19H2,(H,34,40)(H2,35,36,37,38). The van der Waals surface area contributed by atoms with Crippen LogP contribution in [0.3, 0.4) is 0 Å². The van der Waals surface area contributed by atoms with E-state index in [1.54, 1.807) is 24.7 Å². The molecule has 0 spiro atoms. The van der Waals surface area contributed by atoms with E-state index < -0.39 is 6.04 Å². The van der Waals surface area contributed by atoms with E-state index in [1.165, 1.54) is 19.3 Å². The van der Waals surface area contributed by atoms with Crippen LogP contribution in [-0.2, 0) is 17.9 Å². The van der Waals surface area contributed by atoms with Crippen molar-refractivity contribution in [1.82, 2.24) is 24.8 Å². The quantitative estimate of drug-likeness (QED) is 0.185. The van der Waals surface area contributed by atoms with Gasteiger partial charge in [-0.25, -0.2) is 4.98 Å². The maximum absolute atomic E-state index is 13.6. The molecule has 1 amide bonds. The SMILES string of the molecule is O=C(NCc1ccc(Cl)cc1Cl)C(CC1CCCCC1)Nc1cc(-n2ccnc2)nc(NCc2ccccc2)n1. The molecule has 40 heavy (non-hydrogen) atoms. The van der Waals surface area contributed by atoms with E-state index in [4.69, 9.17) is 28.2 Å². The fourth-order valence-corrected chi connectivity index (χ4v) is 5.50. The largest absolute Gasteiger partial charge is 0.358 e. The van der Waals surface area contributed by atoms with Gasteiger partial charge in [-0.2, -0.15) is 9.97 Å². The molecule has 4 aromatic rings. The van der Waals surface area contributed by atoms with Gasteiger partial charge in [0.1, 0.15) is 24.0 Å². The molecule has 0 radical (unpaired) electrons. The summed E-state index contributed by atoms with van der Waals surface area (Å²) in [5.74, 6) is 2.05. The number of aromatic nitrogens is 4. The fraction of sp³-hybridized carbons (Fsp3) is 0.333. The predicted molar refractivity (Wildman–Crippen MR) is 160 cm³/mol. The Bertz CT molecular complexity index is 1390. The Kier molecular flexibility index (Phi) is 9.52. The van der Waals surface area contributed by atoms with E-state index in [2.05, 4.69) is 25.9 Å². The van der Waals surface area contributed by atoms with Crippen LogP contribution < -0.4 is 16.0 Å². The third kappa shape index (κ3) is 7.73. The molecule has 208 valence electrons. The molecule has 1 fully saturated rings. The van der Waals surface area contributed by atoms with Crippen molar-refractivity contribution in [1.29, 1.82) is 0 Å². The molecule has 1 aliphatic rings. The summed E-state index contributed by atoms with van der Waals surface area (Å²) in [5.41, 5.74) is 1.93. The number of anilines is 2. The summed E-state index contributed by atoms with van der Waals surface area (Å²) in [4.78, 5) is 27.1. The van der Waals surface area contributed by atoms with Crippen molar-refractivity contribution in [3.05, 3.63) is 94.5 Å². The Labute approximate surface area is 244 Å². The van der Waals surface area contributed by atoms with Crippen LogP contribution in [0.2, 0.25) is 10.0 Å². The highest BCUT2D eigenvalue weighted by Crippen LogP contribution is 2.29. The normalized spacial score (nSPS) is 14.4. The van der Waals surface area contributed by atoms with Gasteiger partial charge in [-0.3, -0.25) is 9.36 Å². The van der Waals surface area contributed by atoms with Crippen LogP contribution in [0, 0.1) is 5.92 Å². The van der Waals surface area contributed by atoms with Gasteiger partial charge in [0, 0.05) is 41.6 Å². The minimum absolute atomic E-state index is 0.0989. The molecular formula is C30H33Cl2N7O. The summed E-state index contributed by atoms with van der Waals surface area (Å²) >= 11 is 12.4. The lowest BCUT2D eigenvalue weighted by Crippen LogP contribution is -2.41. The van der Waals surface area contributed by atoms with Gasteiger partial charge in [0.25, 0.3) is 0 Å². The topological polar surface area (TPSA) is 96.8 Å². The van der Waals surface area contributed by atoms with Crippen molar-refractivity contribution >= 4 is 40.9 Å². The number of carbonyl (C=O) groups excluding carboxylic acids is 1. The van der Waals surface area contributed by atoms with Crippen LogP contribution >= 0.6 is 23.2 Å². The van der Waals surface area contributed by atoms with Gasteiger partial charge in [0.2, 0.25) is 11.9 Å². The molecule has 0 aliphatic heterocycles. The van der Waals surface area contributed by atoms with Gasteiger partial charge in [0.15, 0.2) is 0 Å². The number of halogens is 2. The average Bonchev–Trinajstić information content (AvgIpc) is 3.52. The van der Waals surface area contributed by atoms with E-state index >= 15 is 0 Å². The summed E-state index contributed by atoms with van der Waals surface area (Å²) in [5, 5.41) is 10.9. The zero-order valence-electron chi connectivity index (χ0n) is 22.2. The van der Waals surface area contributed by atoms with Gasteiger partial charge < -0.3 is 16.0 Å². The first-order chi connectivity index (χ1) is 19.5. The number of nitrogens with zero attached hydrogens (tertiary/aromatic N) is 4. The molecule has 2 heterocycles. The van der Waals surface area contributed by atoms with Crippen LogP contribution in [0.25, 0.3) is 5.82 Å². The van der Waals surface area contributed by atoms with Crippen LogP contribution in [0.5, 0.6) is 0 Å². The van der Waals surface area contributed by atoms with Crippen molar-refractivity contribution in [3.63, 3.8) is 0 Å².